The van der Waals surface area contributed by atoms with Crippen molar-refractivity contribution in [2.24, 2.45) is 0 Å². The predicted octanol–water partition coefficient (Wildman–Crippen LogP) is 1.38. The molecule has 2 heterocycles. The molecule has 17 heavy (non-hydrogen) atoms. The van der Waals surface area contributed by atoms with Crippen LogP contribution in [0.3, 0.4) is 0 Å². The van der Waals surface area contributed by atoms with Gasteiger partial charge in [0.25, 0.3) is 0 Å². The first-order valence-corrected chi connectivity index (χ1v) is 4.96. The smallest absolute Gasteiger partial charge is 0.360 e. The molecule has 8 heteroatoms. The summed E-state index contributed by atoms with van der Waals surface area (Å²) in [6.07, 6.45) is 3.17. The quantitative estimate of drug-likeness (QED) is 0.803. The van der Waals surface area contributed by atoms with Crippen molar-refractivity contribution in [1.29, 1.82) is 0 Å². The van der Waals surface area contributed by atoms with Gasteiger partial charge in [0.05, 0.1) is 24.7 Å². The van der Waals surface area contributed by atoms with E-state index in [9.17, 15) is 4.79 Å². The Morgan fingerprint density at radius 3 is 3.00 bits per heavy atom. The fourth-order valence-electron chi connectivity index (χ4n) is 1.19. The monoisotopic (exact) mass is 253 g/mol. The lowest BCUT2D eigenvalue weighted by atomic mass is 10.3. The summed E-state index contributed by atoms with van der Waals surface area (Å²) in [5.41, 5.74) is 1.12. The third kappa shape index (κ3) is 2.51. The van der Waals surface area contributed by atoms with E-state index in [4.69, 9.17) is 11.6 Å². The largest absolute Gasteiger partial charge is 0.464 e. The highest BCUT2D eigenvalue weighted by molar-refractivity contribution is 6.29. The molecule has 0 aliphatic carbocycles. The Bertz CT molecular complexity index is 528. The van der Waals surface area contributed by atoms with Crippen LogP contribution in [0.4, 0.5) is 11.4 Å². The van der Waals surface area contributed by atoms with Crippen LogP contribution in [0.1, 0.15) is 10.5 Å². The van der Waals surface area contributed by atoms with Crippen molar-refractivity contribution in [3.63, 3.8) is 0 Å². The van der Waals surface area contributed by atoms with Crippen LogP contribution in [0.5, 0.6) is 0 Å². The number of methoxy groups -OCH3 is 1. The molecule has 0 fully saturated rings. The first-order chi connectivity index (χ1) is 8.20. The molecule has 2 rings (SSSR count). The van der Waals surface area contributed by atoms with Crippen molar-refractivity contribution >= 4 is 28.9 Å². The van der Waals surface area contributed by atoms with Gasteiger partial charge in [-0.3, -0.25) is 5.10 Å². The average Bonchev–Trinajstić information content (AvgIpc) is 2.81. The van der Waals surface area contributed by atoms with E-state index in [1.54, 1.807) is 12.4 Å². The van der Waals surface area contributed by atoms with E-state index in [1.807, 2.05) is 0 Å². The molecule has 0 saturated heterocycles. The van der Waals surface area contributed by atoms with Crippen LogP contribution in [0.15, 0.2) is 18.5 Å². The van der Waals surface area contributed by atoms with Gasteiger partial charge in [0, 0.05) is 12.3 Å². The molecule has 2 aromatic heterocycles. The highest BCUT2D eigenvalue weighted by atomic mass is 35.5. The van der Waals surface area contributed by atoms with Gasteiger partial charge < -0.3 is 10.1 Å². The Kier molecular flexibility index (Phi) is 3.20. The number of carbonyl (C=O) groups excluding carboxylic acids is 1. The van der Waals surface area contributed by atoms with Crippen LogP contribution >= 0.6 is 11.6 Å². The first kappa shape index (κ1) is 11.3. The molecule has 0 saturated carbocycles. The minimum atomic E-state index is -0.597. The molecular weight excluding hydrogens is 246 g/mol. The van der Waals surface area contributed by atoms with Gasteiger partial charge in [0.15, 0.2) is 10.8 Å². The molecule has 2 aromatic rings. The normalized spacial score (nSPS) is 10.0. The molecule has 7 nitrogen and oxygen atoms in total. The number of hydrogen-bond donors (Lipinski definition) is 2. The number of nitrogens with one attached hydrogen (secondary N) is 2. The van der Waals surface area contributed by atoms with E-state index < -0.39 is 5.97 Å². The maximum absolute atomic E-state index is 11.4. The van der Waals surface area contributed by atoms with Crippen molar-refractivity contribution in [3.05, 3.63) is 29.3 Å². The summed E-state index contributed by atoms with van der Waals surface area (Å²) in [6.45, 7) is 0. The van der Waals surface area contributed by atoms with Crippen molar-refractivity contribution < 1.29 is 9.53 Å². The molecule has 0 aliphatic heterocycles. The van der Waals surface area contributed by atoms with Gasteiger partial charge in [-0.2, -0.15) is 5.10 Å². The summed E-state index contributed by atoms with van der Waals surface area (Å²) in [7, 11) is 1.26. The van der Waals surface area contributed by atoms with Crippen molar-refractivity contribution in [2.75, 3.05) is 12.4 Å². The predicted molar refractivity (Wildman–Crippen MR) is 60.3 cm³/mol. The van der Waals surface area contributed by atoms with E-state index in [-0.39, 0.29) is 10.8 Å². The number of esters is 1. The van der Waals surface area contributed by atoms with Gasteiger partial charge in [-0.05, 0) is 0 Å². The molecule has 0 aromatic carbocycles. The number of carbonyl (C=O) groups is 1. The fraction of sp³-hybridized carbons (Fsp3) is 0.111. The number of halogens is 1. The van der Waals surface area contributed by atoms with Crippen LogP contribution in [0.25, 0.3) is 0 Å². The second-order valence-electron chi connectivity index (χ2n) is 3.03. The Labute approximate surface area is 101 Å². The molecular formula is C9H8ClN5O2. The molecule has 0 bridgehead atoms. The van der Waals surface area contributed by atoms with Gasteiger partial charge in [0.2, 0.25) is 0 Å². The van der Waals surface area contributed by atoms with Gasteiger partial charge in [-0.15, -0.1) is 10.2 Å². The molecule has 0 radical (unpaired) electrons. The van der Waals surface area contributed by atoms with Crippen molar-refractivity contribution in [2.45, 2.75) is 0 Å². The Morgan fingerprint density at radius 2 is 2.35 bits per heavy atom. The maximum Gasteiger partial charge on any atom is 0.360 e. The van der Waals surface area contributed by atoms with E-state index in [0.29, 0.717) is 11.4 Å². The molecule has 0 unspecified atom stereocenters. The summed E-state index contributed by atoms with van der Waals surface area (Å²) < 4.78 is 4.59. The zero-order valence-electron chi connectivity index (χ0n) is 8.77. The van der Waals surface area contributed by atoms with E-state index >= 15 is 0 Å². The third-order valence-corrected chi connectivity index (χ3v) is 2.10. The highest BCUT2D eigenvalue weighted by Crippen LogP contribution is 2.21. The van der Waals surface area contributed by atoms with Crippen molar-refractivity contribution in [1.82, 2.24) is 20.4 Å². The molecule has 2 N–H and O–H groups in total. The first-order valence-electron chi connectivity index (χ1n) is 4.58. The molecule has 0 aliphatic rings. The van der Waals surface area contributed by atoms with Crippen LogP contribution in [0.2, 0.25) is 5.15 Å². The van der Waals surface area contributed by atoms with Crippen LogP contribution in [0, 0.1) is 0 Å². The lowest BCUT2D eigenvalue weighted by molar-refractivity contribution is 0.0594. The lowest BCUT2D eigenvalue weighted by Crippen LogP contribution is -2.09. The highest BCUT2D eigenvalue weighted by Gasteiger charge is 2.15. The number of hydrogen-bond acceptors (Lipinski definition) is 6. The average molecular weight is 254 g/mol. The summed E-state index contributed by atoms with van der Waals surface area (Å²) >= 11 is 5.72. The van der Waals surface area contributed by atoms with Gasteiger partial charge in [-0.25, -0.2) is 4.79 Å². The van der Waals surface area contributed by atoms with Gasteiger partial charge in [0.1, 0.15) is 0 Å². The topological polar surface area (TPSA) is 92.8 Å². The second kappa shape index (κ2) is 4.79. The number of nitrogens with zero attached hydrogens (tertiary/aromatic N) is 3. The standard InChI is InChI=1S/C9H8ClN5O2/c1-17-9(16)8-6(2-7(10)14-15-8)13-5-3-11-12-4-5/h2-4H,1H3,(H,11,12)(H,13,14). The summed E-state index contributed by atoms with van der Waals surface area (Å²) in [6, 6.07) is 1.48. The van der Waals surface area contributed by atoms with E-state index in [1.165, 1.54) is 13.2 Å². The van der Waals surface area contributed by atoms with E-state index in [2.05, 4.69) is 30.4 Å². The summed E-state index contributed by atoms with van der Waals surface area (Å²) in [5, 5.41) is 16.8. The number of aromatic amines is 1. The van der Waals surface area contributed by atoms with Gasteiger partial charge >= 0.3 is 5.97 Å². The molecule has 88 valence electrons. The number of anilines is 2. The summed E-state index contributed by atoms with van der Waals surface area (Å²) in [4.78, 5) is 11.4. The Balaban J connectivity index is 2.36. The van der Waals surface area contributed by atoms with Crippen LogP contribution in [-0.2, 0) is 4.74 Å². The Morgan fingerprint density at radius 1 is 1.53 bits per heavy atom. The lowest BCUT2D eigenvalue weighted by Gasteiger charge is -2.07. The number of rotatable bonds is 3. The van der Waals surface area contributed by atoms with E-state index in [0.717, 1.165) is 0 Å². The second-order valence-corrected chi connectivity index (χ2v) is 3.42. The molecule has 0 amide bonds. The summed E-state index contributed by atoms with van der Waals surface area (Å²) in [5.74, 6) is -0.597. The number of aromatic nitrogens is 4. The fourth-order valence-corrected chi connectivity index (χ4v) is 1.33. The zero-order valence-corrected chi connectivity index (χ0v) is 9.52. The molecule has 0 spiro atoms. The van der Waals surface area contributed by atoms with Crippen LogP contribution in [-0.4, -0.2) is 33.5 Å². The maximum atomic E-state index is 11.4. The molecule has 0 atom stereocenters. The Hall–Kier alpha value is -2.15. The number of ether oxygens (including phenoxy) is 1. The SMILES string of the molecule is COC(=O)c1nnc(Cl)cc1Nc1cn[nH]c1. The third-order valence-electron chi connectivity index (χ3n) is 1.92. The number of H-pyrrole nitrogens is 1. The minimum absolute atomic E-state index is 0.0538. The van der Waals surface area contributed by atoms with Crippen LogP contribution < -0.4 is 5.32 Å². The van der Waals surface area contributed by atoms with Gasteiger partial charge in [-0.1, -0.05) is 11.6 Å². The minimum Gasteiger partial charge on any atom is -0.464 e. The zero-order chi connectivity index (χ0) is 12.3. The van der Waals surface area contributed by atoms with Crippen molar-refractivity contribution in [3.8, 4) is 0 Å².